The predicted octanol–water partition coefficient (Wildman–Crippen LogP) is 3.15. The zero-order valence-electron chi connectivity index (χ0n) is 16.7. The number of rotatable bonds is 5. The van der Waals surface area contributed by atoms with Crippen LogP contribution >= 0.6 is 0 Å². The first-order chi connectivity index (χ1) is 14.8. The summed E-state index contributed by atoms with van der Waals surface area (Å²) in [5, 5.41) is 16.3. The molecule has 0 amide bonds. The summed E-state index contributed by atoms with van der Waals surface area (Å²) >= 11 is 0. The molecule has 1 atom stereocenters. The predicted molar refractivity (Wildman–Crippen MR) is 115 cm³/mol. The van der Waals surface area contributed by atoms with Gasteiger partial charge >= 0.3 is 0 Å². The number of hydrogen-bond donors (Lipinski definition) is 2. The minimum Gasteiger partial charge on any atom is -0.366 e. The first kappa shape index (κ1) is 17.6. The van der Waals surface area contributed by atoms with Gasteiger partial charge in [0, 0.05) is 24.3 Å². The SMILES string of the molecule is c1cc(NC2CCCNC2)nc(-c2cnc3ccc(-c4cnn(C5CC5)c4)nn23)c1. The van der Waals surface area contributed by atoms with Gasteiger partial charge in [0.25, 0.3) is 0 Å². The molecule has 8 heteroatoms. The van der Waals surface area contributed by atoms with Crippen molar-refractivity contribution in [2.45, 2.75) is 37.8 Å². The highest BCUT2D eigenvalue weighted by atomic mass is 15.3. The molecule has 2 fully saturated rings. The van der Waals surface area contributed by atoms with Crippen LogP contribution in [-0.2, 0) is 0 Å². The van der Waals surface area contributed by atoms with Gasteiger partial charge in [-0.15, -0.1) is 0 Å². The zero-order chi connectivity index (χ0) is 19.9. The maximum Gasteiger partial charge on any atom is 0.154 e. The number of aromatic nitrogens is 6. The molecule has 0 spiro atoms. The van der Waals surface area contributed by atoms with E-state index in [0.29, 0.717) is 12.1 Å². The molecule has 1 saturated heterocycles. The summed E-state index contributed by atoms with van der Waals surface area (Å²) in [4.78, 5) is 9.37. The second-order valence-electron chi connectivity index (χ2n) is 8.17. The number of pyridine rings is 1. The summed E-state index contributed by atoms with van der Waals surface area (Å²) in [6.45, 7) is 2.07. The van der Waals surface area contributed by atoms with Gasteiger partial charge in [-0.1, -0.05) is 6.07 Å². The van der Waals surface area contributed by atoms with Crippen molar-refractivity contribution in [3.05, 3.63) is 48.9 Å². The Hall–Kier alpha value is -3.26. The lowest BCUT2D eigenvalue weighted by Gasteiger charge is -2.24. The molecule has 1 aliphatic heterocycles. The molecular weight excluding hydrogens is 376 g/mol. The lowest BCUT2D eigenvalue weighted by Crippen LogP contribution is -2.38. The van der Waals surface area contributed by atoms with E-state index in [4.69, 9.17) is 10.1 Å². The number of nitrogens with zero attached hydrogens (tertiary/aromatic N) is 6. The lowest BCUT2D eigenvalue weighted by molar-refractivity contribution is 0.479. The lowest BCUT2D eigenvalue weighted by atomic mass is 10.1. The van der Waals surface area contributed by atoms with E-state index in [1.165, 1.54) is 19.3 Å². The molecule has 5 heterocycles. The van der Waals surface area contributed by atoms with Crippen molar-refractivity contribution in [3.63, 3.8) is 0 Å². The van der Waals surface area contributed by atoms with Crippen LogP contribution in [0.4, 0.5) is 5.82 Å². The van der Waals surface area contributed by atoms with Gasteiger partial charge in [0.15, 0.2) is 5.65 Å². The van der Waals surface area contributed by atoms with Crippen molar-refractivity contribution in [3.8, 4) is 22.6 Å². The van der Waals surface area contributed by atoms with Crippen LogP contribution in [0.25, 0.3) is 28.3 Å². The van der Waals surface area contributed by atoms with Gasteiger partial charge in [-0.3, -0.25) is 4.68 Å². The van der Waals surface area contributed by atoms with E-state index in [-0.39, 0.29) is 0 Å². The van der Waals surface area contributed by atoms with Crippen LogP contribution in [0, 0.1) is 0 Å². The third-order valence-electron chi connectivity index (χ3n) is 5.84. The summed E-state index contributed by atoms with van der Waals surface area (Å²) in [6, 6.07) is 11.0. The Morgan fingerprint density at radius 2 is 2.00 bits per heavy atom. The molecule has 6 rings (SSSR count). The maximum absolute atomic E-state index is 4.85. The van der Waals surface area contributed by atoms with Crippen LogP contribution in [0.2, 0.25) is 0 Å². The van der Waals surface area contributed by atoms with E-state index >= 15 is 0 Å². The summed E-state index contributed by atoms with van der Waals surface area (Å²) in [5.41, 5.74) is 4.45. The minimum atomic E-state index is 0.413. The third kappa shape index (κ3) is 3.33. The van der Waals surface area contributed by atoms with E-state index in [2.05, 4.69) is 26.9 Å². The molecule has 2 N–H and O–H groups in total. The molecular formula is C22H24N8. The highest BCUT2D eigenvalue weighted by molar-refractivity contribution is 5.64. The second kappa shape index (κ2) is 7.21. The molecule has 152 valence electrons. The second-order valence-corrected chi connectivity index (χ2v) is 8.17. The van der Waals surface area contributed by atoms with E-state index in [1.807, 2.05) is 51.9 Å². The fraction of sp³-hybridized carbons (Fsp3) is 0.364. The Morgan fingerprint density at radius 3 is 2.87 bits per heavy atom. The Balaban J connectivity index is 1.32. The summed E-state index contributed by atoms with van der Waals surface area (Å²) in [7, 11) is 0. The van der Waals surface area contributed by atoms with E-state index < -0.39 is 0 Å². The summed E-state index contributed by atoms with van der Waals surface area (Å²) in [5.74, 6) is 0.887. The van der Waals surface area contributed by atoms with Crippen LogP contribution < -0.4 is 10.6 Å². The van der Waals surface area contributed by atoms with E-state index in [0.717, 1.165) is 53.6 Å². The van der Waals surface area contributed by atoms with Gasteiger partial charge in [-0.05, 0) is 56.5 Å². The van der Waals surface area contributed by atoms with Gasteiger partial charge < -0.3 is 10.6 Å². The van der Waals surface area contributed by atoms with E-state index in [1.54, 1.807) is 0 Å². The fourth-order valence-electron chi connectivity index (χ4n) is 4.05. The van der Waals surface area contributed by atoms with Crippen molar-refractivity contribution in [2.75, 3.05) is 18.4 Å². The molecule has 0 aromatic carbocycles. The van der Waals surface area contributed by atoms with E-state index in [9.17, 15) is 0 Å². The first-order valence-corrected chi connectivity index (χ1v) is 10.7. The molecule has 0 radical (unpaired) electrons. The van der Waals surface area contributed by atoms with Crippen molar-refractivity contribution < 1.29 is 0 Å². The van der Waals surface area contributed by atoms with Crippen LogP contribution in [0.1, 0.15) is 31.7 Å². The molecule has 0 bridgehead atoms. The molecule has 8 nitrogen and oxygen atoms in total. The molecule has 30 heavy (non-hydrogen) atoms. The minimum absolute atomic E-state index is 0.413. The number of imidazole rings is 1. The van der Waals surface area contributed by atoms with Gasteiger partial charge in [0.05, 0.1) is 29.8 Å². The highest BCUT2D eigenvalue weighted by Gasteiger charge is 2.24. The fourth-order valence-corrected chi connectivity index (χ4v) is 4.05. The largest absolute Gasteiger partial charge is 0.366 e. The van der Waals surface area contributed by atoms with Gasteiger partial charge in [-0.25, -0.2) is 14.5 Å². The smallest absolute Gasteiger partial charge is 0.154 e. The average molecular weight is 400 g/mol. The highest BCUT2D eigenvalue weighted by Crippen LogP contribution is 2.35. The van der Waals surface area contributed by atoms with Gasteiger partial charge in [-0.2, -0.15) is 10.2 Å². The zero-order valence-corrected chi connectivity index (χ0v) is 16.7. The van der Waals surface area contributed by atoms with Crippen molar-refractivity contribution in [1.29, 1.82) is 0 Å². The number of nitrogens with one attached hydrogen (secondary N) is 2. The number of anilines is 1. The number of piperidine rings is 1. The molecule has 1 unspecified atom stereocenters. The quantitative estimate of drug-likeness (QED) is 0.535. The maximum atomic E-state index is 4.85. The first-order valence-electron chi connectivity index (χ1n) is 10.7. The van der Waals surface area contributed by atoms with Crippen LogP contribution in [-0.4, -0.2) is 48.5 Å². The number of hydrogen-bond acceptors (Lipinski definition) is 6. The van der Waals surface area contributed by atoms with Crippen LogP contribution in [0.15, 0.2) is 48.9 Å². The van der Waals surface area contributed by atoms with Crippen molar-refractivity contribution in [1.82, 2.24) is 34.7 Å². The van der Waals surface area contributed by atoms with Crippen molar-refractivity contribution >= 4 is 11.5 Å². The van der Waals surface area contributed by atoms with Crippen molar-refractivity contribution in [2.24, 2.45) is 0 Å². The Kier molecular flexibility index (Phi) is 4.23. The average Bonchev–Trinajstić information content (AvgIpc) is 3.36. The van der Waals surface area contributed by atoms with Crippen LogP contribution in [0.5, 0.6) is 0 Å². The standard InChI is InChI=1S/C22H24N8/c1-4-19(27-21(5-1)26-16-3-2-10-23-12-16)20-13-24-22-9-8-18(28-30(20)22)15-11-25-29(14-15)17-6-7-17/h1,4-5,8-9,11,13-14,16-17,23H,2-3,6-7,10,12H2,(H,26,27). The Bertz CT molecular complexity index is 1180. The molecule has 4 aromatic heterocycles. The summed E-state index contributed by atoms with van der Waals surface area (Å²) in [6.07, 6.45) is 10.6. The summed E-state index contributed by atoms with van der Waals surface area (Å²) < 4.78 is 3.92. The Labute approximate surface area is 174 Å². The molecule has 1 saturated carbocycles. The third-order valence-corrected chi connectivity index (χ3v) is 5.84. The molecule has 2 aliphatic rings. The Morgan fingerprint density at radius 1 is 1.03 bits per heavy atom. The van der Waals surface area contributed by atoms with Gasteiger partial charge in [0.1, 0.15) is 11.5 Å². The topological polar surface area (TPSA) is 85.0 Å². The molecule has 4 aromatic rings. The number of fused-ring (bicyclic) bond motifs is 1. The van der Waals surface area contributed by atoms with Crippen LogP contribution in [0.3, 0.4) is 0 Å². The molecule has 1 aliphatic carbocycles. The van der Waals surface area contributed by atoms with Gasteiger partial charge in [0.2, 0.25) is 0 Å². The monoisotopic (exact) mass is 400 g/mol. The normalized spacial score (nSPS) is 19.3.